The standard InChI is InChI=1S/C62H43NO/c1-4-15-44(16-5-1)50-22-14-23-51(39-50)47-27-33-56(34-28-47)63(58-37-31-49(32-38-58)59-24-11-12-25-60(59)62-43-52-21-10-13-26-61(52)64-62)57-35-29-48(30-36-57)55-41-53(45-17-6-2-7-18-45)40-54(42-55)46-19-8-3-9-20-46/h1-43H. The van der Waals surface area contributed by atoms with Gasteiger partial charge < -0.3 is 9.32 Å². The maximum Gasteiger partial charge on any atom is 0.136 e. The van der Waals surface area contributed by atoms with Gasteiger partial charge in [0, 0.05) is 28.0 Å². The van der Waals surface area contributed by atoms with E-state index >= 15 is 0 Å². The molecule has 2 heteroatoms. The van der Waals surface area contributed by atoms with E-state index in [9.17, 15) is 0 Å². The molecule has 1 aromatic heterocycles. The van der Waals surface area contributed by atoms with Gasteiger partial charge in [-0.05, 0) is 140 Å². The highest BCUT2D eigenvalue weighted by atomic mass is 16.3. The lowest BCUT2D eigenvalue weighted by Crippen LogP contribution is -2.09. The van der Waals surface area contributed by atoms with Crippen LogP contribution in [0, 0.1) is 0 Å². The molecule has 302 valence electrons. The zero-order valence-corrected chi connectivity index (χ0v) is 35.2. The Labute approximate surface area is 374 Å². The molecule has 0 fully saturated rings. The molecule has 0 atom stereocenters. The Morgan fingerprint density at radius 3 is 1.09 bits per heavy atom. The number of hydrogen-bond acceptors (Lipinski definition) is 2. The van der Waals surface area contributed by atoms with Gasteiger partial charge in [-0.2, -0.15) is 0 Å². The number of hydrogen-bond donors (Lipinski definition) is 0. The largest absolute Gasteiger partial charge is 0.456 e. The molecule has 11 rings (SSSR count). The second-order valence-corrected chi connectivity index (χ2v) is 16.1. The first-order valence-electron chi connectivity index (χ1n) is 21.8. The van der Waals surface area contributed by atoms with Crippen LogP contribution in [0.1, 0.15) is 0 Å². The second-order valence-electron chi connectivity index (χ2n) is 16.1. The highest BCUT2D eigenvalue weighted by Gasteiger charge is 2.17. The van der Waals surface area contributed by atoms with E-state index in [1.54, 1.807) is 0 Å². The van der Waals surface area contributed by atoms with Gasteiger partial charge >= 0.3 is 0 Å². The minimum absolute atomic E-state index is 0.863. The van der Waals surface area contributed by atoms with Gasteiger partial charge in [0.2, 0.25) is 0 Å². The van der Waals surface area contributed by atoms with Gasteiger partial charge in [0.1, 0.15) is 11.3 Å². The summed E-state index contributed by atoms with van der Waals surface area (Å²) in [5, 5.41) is 1.10. The van der Waals surface area contributed by atoms with Crippen molar-refractivity contribution in [2.24, 2.45) is 0 Å². The van der Waals surface area contributed by atoms with Gasteiger partial charge in [-0.1, -0.05) is 188 Å². The number of para-hydroxylation sites is 1. The highest BCUT2D eigenvalue weighted by molar-refractivity contribution is 5.90. The van der Waals surface area contributed by atoms with Crippen molar-refractivity contribution >= 4 is 28.0 Å². The number of nitrogens with zero attached hydrogens (tertiary/aromatic N) is 1. The van der Waals surface area contributed by atoms with Crippen LogP contribution in [0.2, 0.25) is 0 Å². The predicted octanol–water partition coefficient (Wildman–Crippen LogP) is 17.6. The molecule has 64 heavy (non-hydrogen) atoms. The quantitative estimate of drug-likeness (QED) is 0.137. The zero-order chi connectivity index (χ0) is 42.7. The van der Waals surface area contributed by atoms with Crippen molar-refractivity contribution in [1.29, 1.82) is 0 Å². The summed E-state index contributed by atoms with van der Waals surface area (Å²) in [7, 11) is 0. The molecule has 1 heterocycles. The van der Waals surface area contributed by atoms with Crippen molar-refractivity contribution in [3.63, 3.8) is 0 Å². The van der Waals surface area contributed by atoms with E-state index in [0.29, 0.717) is 0 Å². The topological polar surface area (TPSA) is 16.4 Å². The molecule has 0 aliphatic carbocycles. The van der Waals surface area contributed by atoms with Crippen LogP contribution < -0.4 is 4.90 Å². The van der Waals surface area contributed by atoms with Gasteiger partial charge in [-0.25, -0.2) is 0 Å². The molecule has 0 spiro atoms. The second kappa shape index (κ2) is 17.1. The molecule has 0 unspecified atom stereocenters. The summed E-state index contributed by atoms with van der Waals surface area (Å²) in [4.78, 5) is 2.35. The van der Waals surface area contributed by atoms with Crippen molar-refractivity contribution < 1.29 is 4.42 Å². The molecule has 0 amide bonds. The van der Waals surface area contributed by atoms with Crippen LogP contribution in [-0.2, 0) is 0 Å². The number of furan rings is 1. The molecule has 0 aliphatic heterocycles. The highest BCUT2D eigenvalue weighted by Crippen LogP contribution is 2.41. The van der Waals surface area contributed by atoms with E-state index in [1.165, 1.54) is 50.1 Å². The first-order valence-corrected chi connectivity index (χ1v) is 21.8. The number of benzene rings is 10. The summed E-state index contributed by atoms with van der Waals surface area (Å²) in [6, 6.07) is 93.2. The Morgan fingerprint density at radius 2 is 0.594 bits per heavy atom. The molecular formula is C62H43NO. The Bertz CT molecular complexity index is 3240. The molecule has 0 aliphatic rings. The van der Waals surface area contributed by atoms with Crippen LogP contribution in [0.3, 0.4) is 0 Å². The van der Waals surface area contributed by atoms with Gasteiger partial charge in [-0.15, -0.1) is 0 Å². The third-order valence-corrected chi connectivity index (χ3v) is 12.1. The van der Waals surface area contributed by atoms with E-state index in [4.69, 9.17) is 4.42 Å². The van der Waals surface area contributed by atoms with Crippen molar-refractivity contribution in [3.8, 4) is 78.1 Å². The smallest absolute Gasteiger partial charge is 0.136 e. The first-order chi connectivity index (χ1) is 31.7. The summed E-state index contributed by atoms with van der Waals surface area (Å²) in [6.45, 7) is 0. The maximum atomic E-state index is 6.36. The van der Waals surface area contributed by atoms with Crippen LogP contribution in [0.4, 0.5) is 17.1 Å². The molecule has 11 aromatic rings. The summed E-state index contributed by atoms with van der Waals surface area (Å²) >= 11 is 0. The van der Waals surface area contributed by atoms with Crippen LogP contribution in [0.5, 0.6) is 0 Å². The van der Waals surface area contributed by atoms with E-state index < -0.39 is 0 Å². The Kier molecular flexibility index (Phi) is 10.3. The number of anilines is 3. The first kappa shape index (κ1) is 38.5. The van der Waals surface area contributed by atoms with Crippen LogP contribution in [0.25, 0.3) is 89.1 Å². The zero-order valence-electron chi connectivity index (χ0n) is 35.2. The lowest BCUT2D eigenvalue weighted by molar-refractivity contribution is 0.632. The Hall–Kier alpha value is -8.46. The van der Waals surface area contributed by atoms with Gasteiger partial charge in [-0.3, -0.25) is 0 Å². The van der Waals surface area contributed by atoms with Gasteiger partial charge in [0.05, 0.1) is 0 Å². The van der Waals surface area contributed by atoms with Gasteiger partial charge in [0.15, 0.2) is 0 Å². The predicted molar refractivity (Wildman–Crippen MR) is 269 cm³/mol. The normalized spacial score (nSPS) is 11.1. The minimum Gasteiger partial charge on any atom is -0.456 e. The monoisotopic (exact) mass is 817 g/mol. The summed E-state index contributed by atoms with van der Waals surface area (Å²) < 4.78 is 6.36. The van der Waals surface area contributed by atoms with Crippen molar-refractivity contribution in [3.05, 3.63) is 261 Å². The van der Waals surface area contributed by atoms with E-state index in [0.717, 1.165) is 56.0 Å². The van der Waals surface area contributed by atoms with E-state index in [2.05, 4.69) is 248 Å². The van der Waals surface area contributed by atoms with Crippen molar-refractivity contribution in [1.82, 2.24) is 0 Å². The minimum atomic E-state index is 0.863. The fourth-order valence-corrected chi connectivity index (χ4v) is 8.81. The molecule has 2 nitrogen and oxygen atoms in total. The summed E-state index contributed by atoms with van der Waals surface area (Å²) in [6.07, 6.45) is 0. The molecule has 0 saturated carbocycles. The third-order valence-electron chi connectivity index (χ3n) is 12.1. The average Bonchev–Trinajstić information content (AvgIpc) is 3.82. The van der Waals surface area contributed by atoms with Crippen molar-refractivity contribution in [2.45, 2.75) is 0 Å². The van der Waals surface area contributed by atoms with Crippen LogP contribution in [0.15, 0.2) is 265 Å². The number of rotatable bonds is 10. The maximum absolute atomic E-state index is 6.36. The molecule has 10 aromatic carbocycles. The van der Waals surface area contributed by atoms with E-state index in [-0.39, 0.29) is 0 Å². The molecule has 0 bridgehead atoms. The molecule has 0 saturated heterocycles. The summed E-state index contributed by atoms with van der Waals surface area (Å²) in [5.41, 5.74) is 19.3. The summed E-state index contributed by atoms with van der Waals surface area (Å²) in [5.74, 6) is 0.863. The van der Waals surface area contributed by atoms with Crippen LogP contribution >= 0.6 is 0 Å². The Morgan fingerprint density at radius 1 is 0.234 bits per heavy atom. The average molecular weight is 818 g/mol. The van der Waals surface area contributed by atoms with Gasteiger partial charge in [0.25, 0.3) is 0 Å². The fraction of sp³-hybridized carbons (Fsp3) is 0. The van der Waals surface area contributed by atoms with Crippen LogP contribution in [-0.4, -0.2) is 0 Å². The third kappa shape index (κ3) is 7.81. The lowest BCUT2D eigenvalue weighted by Gasteiger charge is -2.26. The lowest BCUT2D eigenvalue weighted by atomic mass is 9.93. The van der Waals surface area contributed by atoms with Crippen molar-refractivity contribution in [2.75, 3.05) is 4.90 Å². The Balaban J connectivity index is 0.974. The SMILES string of the molecule is c1ccc(-c2cccc(-c3ccc(N(c4ccc(-c5cc(-c6ccccc6)cc(-c6ccccc6)c5)cc4)c4ccc(-c5ccccc5-c5cc6ccccc6o5)cc4)cc3)c2)cc1. The number of fused-ring (bicyclic) bond motifs is 1. The molecular weight excluding hydrogens is 775 g/mol. The fourth-order valence-electron chi connectivity index (χ4n) is 8.81. The van der Waals surface area contributed by atoms with E-state index in [1.807, 2.05) is 18.2 Å². The molecule has 0 N–H and O–H groups in total. The molecule has 0 radical (unpaired) electrons.